The third-order valence-corrected chi connectivity index (χ3v) is 3.95. The average molecular weight is 207 g/mol. The van der Waals surface area contributed by atoms with E-state index in [1.807, 2.05) is 4.90 Å². The van der Waals surface area contributed by atoms with E-state index < -0.39 is 9.84 Å². The molecule has 1 aliphatic rings. The summed E-state index contributed by atoms with van der Waals surface area (Å²) in [5, 5.41) is 8.88. The minimum absolute atomic E-state index is 0.230. The first-order chi connectivity index (χ1) is 5.89. The molecule has 0 bridgehead atoms. The summed E-state index contributed by atoms with van der Waals surface area (Å²) in [6.45, 7) is 3.65. The van der Waals surface area contributed by atoms with Crippen LogP contribution in [0, 0.1) is 0 Å². The molecular formula is C8H17NO3S. The summed E-state index contributed by atoms with van der Waals surface area (Å²) < 4.78 is 22.4. The molecule has 0 saturated carbocycles. The first-order valence-electron chi connectivity index (χ1n) is 4.49. The quantitative estimate of drug-likeness (QED) is 0.677. The van der Waals surface area contributed by atoms with Gasteiger partial charge in [0.1, 0.15) is 0 Å². The van der Waals surface area contributed by atoms with Crippen LogP contribution in [0.5, 0.6) is 0 Å². The molecule has 0 aromatic carbocycles. The maximum Gasteiger partial charge on any atom is 0.151 e. The van der Waals surface area contributed by atoms with Gasteiger partial charge in [0, 0.05) is 19.3 Å². The van der Waals surface area contributed by atoms with Crippen LogP contribution in [0.3, 0.4) is 0 Å². The number of aliphatic hydroxyl groups is 1. The second-order valence-corrected chi connectivity index (χ2v) is 6.17. The average Bonchev–Trinajstić information content (AvgIpc) is 2.32. The lowest BCUT2D eigenvalue weighted by molar-refractivity contribution is 0.141. The Morgan fingerprint density at radius 3 is 2.62 bits per heavy atom. The Balaban J connectivity index is 2.46. The van der Waals surface area contributed by atoms with Crippen molar-refractivity contribution in [2.75, 3.05) is 25.9 Å². The number of aliphatic hydroxyl groups excluding tert-OH is 1. The van der Waals surface area contributed by atoms with Crippen molar-refractivity contribution in [3.8, 4) is 0 Å². The van der Waals surface area contributed by atoms with Gasteiger partial charge in [-0.15, -0.1) is 0 Å². The lowest BCUT2D eigenvalue weighted by atomic mass is 10.4. The van der Waals surface area contributed by atoms with E-state index in [1.54, 1.807) is 6.92 Å². The van der Waals surface area contributed by atoms with E-state index in [4.69, 9.17) is 5.11 Å². The van der Waals surface area contributed by atoms with Gasteiger partial charge in [-0.3, -0.25) is 4.90 Å². The molecule has 1 saturated heterocycles. The normalized spacial score (nSPS) is 27.8. The number of likely N-dealkylation sites (tertiary alicyclic amines) is 1. The molecule has 1 fully saturated rings. The highest BCUT2D eigenvalue weighted by atomic mass is 32.2. The molecule has 1 rings (SSSR count). The van der Waals surface area contributed by atoms with Crippen LogP contribution in [0.15, 0.2) is 0 Å². The Kier molecular flexibility index (Phi) is 3.32. The van der Waals surface area contributed by atoms with Crippen LogP contribution in [-0.2, 0) is 9.84 Å². The third kappa shape index (κ3) is 3.25. The van der Waals surface area contributed by atoms with Gasteiger partial charge in [0.2, 0.25) is 0 Å². The van der Waals surface area contributed by atoms with E-state index in [0.29, 0.717) is 19.5 Å². The van der Waals surface area contributed by atoms with Crippen LogP contribution >= 0.6 is 0 Å². The SMILES string of the molecule is CC(O)CN1CCC(S(C)(=O)=O)C1. The predicted molar refractivity (Wildman–Crippen MR) is 51.4 cm³/mol. The second kappa shape index (κ2) is 3.94. The fourth-order valence-electron chi connectivity index (χ4n) is 1.69. The van der Waals surface area contributed by atoms with Gasteiger partial charge >= 0.3 is 0 Å². The molecule has 0 aliphatic carbocycles. The molecule has 0 amide bonds. The second-order valence-electron chi connectivity index (χ2n) is 3.85. The molecule has 1 N–H and O–H groups in total. The van der Waals surface area contributed by atoms with Crippen LogP contribution in [0.2, 0.25) is 0 Å². The Morgan fingerprint density at radius 2 is 2.23 bits per heavy atom. The highest BCUT2D eigenvalue weighted by molar-refractivity contribution is 7.91. The van der Waals surface area contributed by atoms with Gasteiger partial charge in [0.15, 0.2) is 9.84 Å². The van der Waals surface area contributed by atoms with Crippen molar-refractivity contribution in [1.82, 2.24) is 4.90 Å². The first-order valence-corrected chi connectivity index (χ1v) is 6.44. The lowest BCUT2D eigenvalue weighted by Gasteiger charge is -2.16. The molecule has 1 heterocycles. The zero-order chi connectivity index (χ0) is 10.1. The number of sulfone groups is 1. The molecule has 0 radical (unpaired) electrons. The van der Waals surface area contributed by atoms with E-state index in [2.05, 4.69) is 0 Å². The molecule has 2 atom stereocenters. The molecule has 0 aromatic rings. The number of hydrogen-bond acceptors (Lipinski definition) is 4. The Morgan fingerprint density at radius 1 is 1.62 bits per heavy atom. The molecule has 13 heavy (non-hydrogen) atoms. The zero-order valence-electron chi connectivity index (χ0n) is 8.10. The van der Waals surface area contributed by atoms with Crippen LogP contribution in [0.25, 0.3) is 0 Å². The maximum absolute atomic E-state index is 11.2. The van der Waals surface area contributed by atoms with Crippen LogP contribution in [-0.4, -0.2) is 55.7 Å². The van der Waals surface area contributed by atoms with Crippen LogP contribution in [0.4, 0.5) is 0 Å². The van der Waals surface area contributed by atoms with Gasteiger partial charge in [-0.25, -0.2) is 8.42 Å². The zero-order valence-corrected chi connectivity index (χ0v) is 8.92. The van der Waals surface area contributed by atoms with Gasteiger partial charge in [-0.1, -0.05) is 0 Å². The monoisotopic (exact) mass is 207 g/mol. The van der Waals surface area contributed by atoms with Crippen LogP contribution < -0.4 is 0 Å². The molecule has 5 heteroatoms. The van der Waals surface area contributed by atoms with Crippen molar-refractivity contribution in [3.05, 3.63) is 0 Å². The van der Waals surface area contributed by atoms with Crippen molar-refractivity contribution in [2.45, 2.75) is 24.7 Å². The van der Waals surface area contributed by atoms with Crippen molar-refractivity contribution < 1.29 is 13.5 Å². The van der Waals surface area contributed by atoms with Crippen molar-refractivity contribution >= 4 is 9.84 Å². The van der Waals surface area contributed by atoms with E-state index >= 15 is 0 Å². The summed E-state index contributed by atoms with van der Waals surface area (Å²) in [6.07, 6.45) is 1.60. The minimum atomic E-state index is -2.89. The summed E-state index contributed by atoms with van der Waals surface area (Å²) in [7, 11) is -2.89. The van der Waals surface area contributed by atoms with Crippen molar-refractivity contribution in [2.24, 2.45) is 0 Å². The fraction of sp³-hybridized carbons (Fsp3) is 1.00. The van der Waals surface area contributed by atoms with Gasteiger partial charge in [0.05, 0.1) is 11.4 Å². The number of β-amino-alcohol motifs (C(OH)–C–C–N with tert-alkyl or cyclic N) is 1. The highest BCUT2D eigenvalue weighted by Gasteiger charge is 2.29. The molecule has 78 valence electrons. The van der Waals surface area contributed by atoms with Crippen molar-refractivity contribution in [1.29, 1.82) is 0 Å². The smallest absolute Gasteiger partial charge is 0.151 e. The Labute approximate surface area is 79.5 Å². The summed E-state index contributed by atoms with van der Waals surface area (Å²) in [4.78, 5) is 2.00. The molecule has 0 spiro atoms. The van der Waals surface area contributed by atoms with E-state index in [1.165, 1.54) is 6.26 Å². The third-order valence-electron chi connectivity index (χ3n) is 2.36. The summed E-state index contributed by atoms with van der Waals surface area (Å²) in [5.41, 5.74) is 0. The summed E-state index contributed by atoms with van der Waals surface area (Å²) in [6, 6.07) is 0. The Bertz CT molecular complexity index is 261. The summed E-state index contributed by atoms with van der Waals surface area (Å²) in [5.74, 6) is 0. The van der Waals surface area contributed by atoms with Crippen LogP contribution in [0.1, 0.15) is 13.3 Å². The fourth-order valence-corrected chi connectivity index (χ4v) is 2.70. The standard InChI is InChI=1S/C8H17NO3S/c1-7(10)5-9-4-3-8(6-9)13(2,11)12/h7-8,10H,3-6H2,1-2H3. The van der Waals surface area contributed by atoms with Gasteiger partial charge < -0.3 is 5.11 Å². The largest absolute Gasteiger partial charge is 0.392 e. The van der Waals surface area contributed by atoms with Gasteiger partial charge in [-0.05, 0) is 19.9 Å². The van der Waals surface area contributed by atoms with Crippen molar-refractivity contribution in [3.63, 3.8) is 0 Å². The molecule has 2 unspecified atom stereocenters. The molecule has 1 aliphatic heterocycles. The first kappa shape index (κ1) is 10.9. The van der Waals surface area contributed by atoms with E-state index in [0.717, 1.165) is 6.54 Å². The molecule has 4 nitrogen and oxygen atoms in total. The number of hydrogen-bond donors (Lipinski definition) is 1. The minimum Gasteiger partial charge on any atom is -0.392 e. The highest BCUT2D eigenvalue weighted by Crippen LogP contribution is 2.15. The van der Waals surface area contributed by atoms with E-state index in [-0.39, 0.29) is 11.4 Å². The van der Waals surface area contributed by atoms with E-state index in [9.17, 15) is 8.42 Å². The molecule has 0 aromatic heterocycles. The number of rotatable bonds is 3. The predicted octanol–water partition coefficient (Wildman–Crippen LogP) is -0.514. The number of nitrogens with zero attached hydrogens (tertiary/aromatic N) is 1. The molecular weight excluding hydrogens is 190 g/mol. The maximum atomic E-state index is 11.2. The lowest BCUT2D eigenvalue weighted by Crippen LogP contribution is -2.31. The Hall–Kier alpha value is -0.130. The topological polar surface area (TPSA) is 57.6 Å². The van der Waals surface area contributed by atoms with Gasteiger partial charge in [-0.2, -0.15) is 0 Å². The summed E-state index contributed by atoms with van der Waals surface area (Å²) >= 11 is 0. The van der Waals surface area contributed by atoms with Gasteiger partial charge in [0.25, 0.3) is 0 Å².